The Morgan fingerprint density at radius 3 is 2.94 bits per heavy atom. The van der Waals surface area contributed by atoms with Crippen molar-refractivity contribution in [3.05, 3.63) is 0 Å². The van der Waals surface area contributed by atoms with Gasteiger partial charge in [0, 0.05) is 24.7 Å². The van der Waals surface area contributed by atoms with Crippen molar-refractivity contribution in [2.45, 2.75) is 50.6 Å². The molecule has 0 aromatic heterocycles. The van der Waals surface area contributed by atoms with Gasteiger partial charge in [-0.25, -0.2) is 0 Å². The van der Waals surface area contributed by atoms with E-state index in [2.05, 4.69) is 24.2 Å². The second kappa shape index (κ2) is 5.48. The second-order valence-corrected chi connectivity index (χ2v) is 5.73. The number of piperidine rings is 1. The van der Waals surface area contributed by atoms with E-state index in [1.54, 1.807) is 0 Å². The minimum atomic E-state index is 0.219. The summed E-state index contributed by atoms with van der Waals surface area (Å²) in [6.07, 6.45) is 6.56. The average Bonchev–Trinajstić information content (AvgIpc) is 2.29. The summed E-state index contributed by atoms with van der Waals surface area (Å²) in [6.45, 7) is 6.51. The van der Waals surface area contributed by atoms with Crippen LogP contribution in [-0.2, 0) is 4.74 Å². The van der Waals surface area contributed by atoms with Gasteiger partial charge < -0.3 is 15.0 Å². The molecule has 0 radical (unpaired) electrons. The van der Waals surface area contributed by atoms with Crippen molar-refractivity contribution in [2.75, 3.05) is 33.4 Å². The Morgan fingerprint density at radius 1 is 1.38 bits per heavy atom. The molecule has 2 heterocycles. The predicted molar refractivity (Wildman–Crippen MR) is 66.7 cm³/mol. The van der Waals surface area contributed by atoms with Gasteiger partial charge in [-0.2, -0.15) is 0 Å². The molecule has 2 fully saturated rings. The van der Waals surface area contributed by atoms with Crippen LogP contribution in [0.25, 0.3) is 0 Å². The van der Waals surface area contributed by atoms with Gasteiger partial charge in [0.05, 0.1) is 6.61 Å². The maximum atomic E-state index is 5.58. The van der Waals surface area contributed by atoms with E-state index in [4.69, 9.17) is 4.74 Å². The molecule has 16 heavy (non-hydrogen) atoms. The molecule has 0 aromatic rings. The highest BCUT2D eigenvalue weighted by Crippen LogP contribution is 2.20. The Bertz CT molecular complexity index is 214. The third-order valence-corrected chi connectivity index (χ3v) is 4.12. The highest BCUT2D eigenvalue weighted by atomic mass is 16.5. The zero-order valence-electron chi connectivity index (χ0n) is 10.8. The Balaban J connectivity index is 1.76. The maximum Gasteiger partial charge on any atom is 0.0645 e. The highest BCUT2D eigenvalue weighted by Gasteiger charge is 2.28. The van der Waals surface area contributed by atoms with E-state index in [0.29, 0.717) is 0 Å². The third-order valence-electron chi connectivity index (χ3n) is 4.12. The van der Waals surface area contributed by atoms with Crippen LogP contribution in [0.1, 0.15) is 39.0 Å². The molecular formula is C13H26N2O. The Kier molecular flexibility index (Phi) is 4.22. The van der Waals surface area contributed by atoms with Crippen molar-refractivity contribution in [3.63, 3.8) is 0 Å². The van der Waals surface area contributed by atoms with Crippen molar-refractivity contribution in [2.24, 2.45) is 0 Å². The molecular weight excluding hydrogens is 200 g/mol. The number of rotatable bonds is 3. The van der Waals surface area contributed by atoms with Crippen LogP contribution in [0.3, 0.4) is 0 Å². The van der Waals surface area contributed by atoms with Crippen LogP contribution in [0, 0.1) is 0 Å². The van der Waals surface area contributed by atoms with Crippen molar-refractivity contribution in [1.82, 2.24) is 10.2 Å². The van der Waals surface area contributed by atoms with Crippen LogP contribution in [0.4, 0.5) is 0 Å². The molecule has 0 saturated carbocycles. The van der Waals surface area contributed by atoms with Gasteiger partial charge in [-0.3, -0.25) is 0 Å². The normalized spacial score (nSPS) is 37.5. The molecule has 2 aliphatic heterocycles. The molecule has 2 rings (SSSR count). The number of hydrogen-bond donors (Lipinski definition) is 1. The first-order valence-corrected chi connectivity index (χ1v) is 6.73. The zero-order valence-corrected chi connectivity index (χ0v) is 10.8. The molecule has 0 amide bonds. The topological polar surface area (TPSA) is 24.5 Å². The van der Waals surface area contributed by atoms with Crippen LogP contribution >= 0.6 is 0 Å². The van der Waals surface area contributed by atoms with Gasteiger partial charge in [0.25, 0.3) is 0 Å². The highest BCUT2D eigenvalue weighted by molar-refractivity contribution is 4.88. The molecule has 0 bridgehead atoms. The van der Waals surface area contributed by atoms with E-state index in [1.165, 1.54) is 38.6 Å². The fourth-order valence-corrected chi connectivity index (χ4v) is 2.84. The summed E-state index contributed by atoms with van der Waals surface area (Å²) in [7, 11) is 2.26. The smallest absolute Gasteiger partial charge is 0.0645 e. The van der Waals surface area contributed by atoms with Crippen molar-refractivity contribution >= 4 is 0 Å². The second-order valence-electron chi connectivity index (χ2n) is 5.73. The van der Waals surface area contributed by atoms with Crippen molar-refractivity contribution < 1.29 is 4.74 Å². The molecule has 0 spiro atoms. The molecule has 2 aliphatic rings. The average molecular weight is 226 g/mol. The largest absolute Gasteiger partial charge is 0.380 e. The summed E-state index contributed by atoms with van der Waals surface area (Å²) in [6, 6.07) is 0.729. The quantitative estimate of drug-likeness (QED) is 0.791. The molecule has 94 valence electrons. The first kappa shape index (κ1) is 12.3. The van der Waals surface area contributed by atoms with Crippen molar-refractivity contribution in [3.8, 4) is 0 Å². The lowest BCUT2D eigenvalue weighted by molar-refractivity contribution is 0.0240. The Labute approximate surface area is 99.5 Å². The molecule has 2 unspecified atom stereocenters. The summed E-state index contributed by atoms with van der Waals surface area (Å²) >= 11 is 0. The summed E-state index contributed by atoms with van der Waals surface area (Å²) in [5.74, 6) is 0. The number of likely N-dealkylation sites (tertiary alicyclic amines) is 1. The Hall–Kier alpha value is -0.120. The fraction of sp³-hybridized carbons (Fsp3) is 1.00. The lowest BCUT2D eigenvalue weighted by Crippen LogP contribution is -2.54. The van der Waals surface area contributed by atoms with E-state index in [-0.39, 0.29) is 5.54 Å². The summed E-state index contributed by atoms with van der Waals surface area (Å²) in [5, 5.41) is 3.73. The van der Waals surface area contributed by atoms with Crippen LogP contribution in [-0.4, -0.2) is 49.8 Å². The van der Waals surface area contributed by atoms with Crippen LogP contribution < -0.4 is 5.32 Å². The molecule has 0 aromatic carbocycles. The maximum absolute atomic E-state index is 5.58. The number of nitrogens with one attached hydrogen (secondary N) is 1. The first-order chi connectivity index (χ1) is 7.70. The number of hydrogen-bond acceptors (Lipinski definition) is 3. The third kappa shape index (κ3) is 3.19. The van der Waals surface area contributed by atoms with Gasteiger partial charge in [-0.1, -0.05) is 6.42 Å². The number of nitrogens with zero attached hydrogens (tertiary/aromatic N) is 1. The molecule has 3 heteroatoms. The summed E-state index contributed by atoms with van der Waals surface area (Å²) in [4.78, 5) is 2.50. The molecule has 2 saturated heterocycles. The van der Waals surface area contributed by atoms with E-state index in [0.717, 1.165) is 25.8 Å². The van der Waals surface area contributed by atoms with Crippen LogP contribution in [0.2, 0.25) is 0 Å². The SMILES string of the molecule is CN1CCCCC1CNC1(C)CCCOC1. The van der Waals surface area contributed by atoms with E-state index in [9.17, 15) is 0 Å². The van der Waals surface area contributed by atoms with E-state index in [1.807, 2.05) is 0 Å². The van der Waals surface area contributed by atoms with Crippen LogP contribution in [0.5, 0.6) is 0 Å². The van der Waals surface area contributed by atoms with Gasteiger partial charge in [0.2, 0.25) is 0 Å². The monoisotopic (exact) mass is 226 g/mol. The van der Waals surface area contributed by atoms with Gasteiger partial charge in [-0.15, -0.1) is 0 Å². The lowest BCUT2D eigenvalue weighted by Gasteiger charge is -2.39. The summed E-state index contributed by atoms with van der Waals surface area (Å²) in [5.41, 5.74) is 0.219. The number of likely N-dealkylation sites (N-methyl/N-ethyl adjacent to an activating group) is 1. The predicted octanol–water partition coefficient (Wildman–Crippen LogP) is 1.63. The lowest BCUT2D eigenvalue weighted by atomic mass is 9.93. The van der Waals surface area contributed by atoms with E-state index >= 15 is 0 Å². The standard InChI is InChI=1S/C13H26N2O/c1-13(7-5-9-16-11-13)14-10-12-6-3-4-8-15(12)2/h12,14H,3-11H2,1-2H3. The molecule has 3 nitrogen and oxygen atoms in total. The van der Waals surface area contributed by atoms with Gasteiger partial charge in [0.15, 0.2) is 0 Å². The molecule has 2 atom stereocenters. The van der Waals surface area contributed by atoms with E-state index < -0.39 is 0 Å². The fourth-order valence-electron chi connectivity index (χ4n) is 2.84. The van der Waals surface area contributed by atoms with Crippen molar-refractivity contribution in [1.29, 1.82) is 0 Å². The van der Waals surface area contributed by atoms with Gasteiger partial charge in [-0.05, 0) is 46.2 Å². The van der Waals surface area contributed by atoms with Crippen LogP contribution in [0.15, 0.2) is 0 Å². The summed E-state index contributed by atoms with van der Waals surface area (Å²) < 4.78 is 5.58. The minimum Gasteiger partial charge on any atom is -0.380 e. The molecule has 1 N–H and O–H groups in total. The van der Waals surface area contributed by atoms with Gasteiger partial charge >= 0.3 is 0 Å². The Morgan fingerprint density at radius 2 is 2.25 bits per heavy atom. The minimum absolute atomic E-state index is 0.219. The first-order valence-electron chi connectivity index (χ1n) is 6.73. The molecule has 0 aliphatic carbocycles. The van der Waals surface area contributed by atoms with Gasteiger partial charge in [0.1, 0.15) is 0 Å². The number of ether oxygens (including phenoxy) is 1. The zero-order chi connectivity index (χ0) is 11.4.